The van der Waals surface area contributed by atoms with Crippen LogP contribution in [-0.2, 0) is 14.3 Å². The average Bonchev–Trinajstić information content (AvgIpc) is 2.18. The van der Waals surface area contributed by atoms with Crippen molar-refractivity contribution in [2.75, 3.05) is 6.61 Å². The van der Waals surface area contributed by atoms with Crippen LogP contribution in [0.15, 0.2) is 0 Å². The van der Waals surface area contributed by atoms with Gasteiger partial charge in [0.2, 0.25) is 0 Å². The Morgan fingerprint density at radius 2 is 1.80 bits per heavy atom. The Bertz CT molecular complexity index is 231. The van der Waals surface area contributed by atoms with Crippen LogP contribution in [-0.4, -0.2) is 63.7 Å². The van der Waals surface area contributed by atoms with Crippen LogP contribution in [0.2, 0.25) is 0 Å². The third-order valence-electron chi connectivity index (χ3n) is 2.14. The minimum atomic E-state index is -1.61. The van der Waals surface area contributed by atoms with Gasteiger partial charge < -0.3 is 29.9 Å². The van der Waals surface area contributed by atoms with Crippen LogP contribution in [0.25, 0.3) is 0 Å². The van der Waals surface area contributed by atoms with Crippen LogP contribution in [0.4, 0.5) is 0 Å². The van der Waals surface area contributed by atoms with Gasteiger partial charge in [0, 0.05) is 6.92 Å². The number of hydrogen-bond donors (Lipinski definition) is 4. The SMILES string of the molecule is CC(=O)OC[C@@H]1OC(O)[C@@H](O)C(O)[C@H]1O. The quantitative estimate of drug-likeness (QED) is 0.377. The number of rotatable bonds is 2. The minimum absolute atomic E-state index is 0.294. The van der Waals surface area contributed by atoms with Crippen molar-refractivity contribution in [3.8, 4) is 0 Å². The Morgan fingerprint density at radius 1 is 1.20 bits per heavy atom. The van der Waals surface area contributed by atoms with E-state index in [1.54, 1.807) is 0 Å². The van der Waals surface area contributed by atoms with Crippen LogP contribution in [0, 0.1) is 0 Å². The topological polar surface area (TPSA) is 116 Å². The van der Waals surface area contributed by atoms with Crippen LogP contribution in [0.5, 0.6) is 0 Å². The Kier molecular flexibility index (Phi) is 4.00. The molecule has 1 rings (SSSR count). The monoisotopic (exact) mass is 222 g/mol. The van der Waals surface area contributed by atoms with Crippen LogP contribution >= 0.6 is 0 Å². The number of carbonyl (C=O) groups is 1. The van der Waals surface area contributed by atoms with E-state index in [0.717, 1.165) is 0 Å². The molecule has 15 heavy (non-hydrogen) atoms. The maximum absolute atomic E-state index is 10.5. The summed E-state index contributed by atoms with van der Waals surface area (Å²) in [7, 11) is 0. The molecule has 0 aromatic heterocycles. The molecule has 7 heteroatoms. The fourth-order valence-corrected chi connectivity index (χ4v) is 1.27. The Morgan fingerprint density at radius 3 is 2.33 bits per heavy atom. The van der Waals surface area contributed by atoms with Gasteiger partial charge in [-0.1, -0.05) is 0 Å². The molecule has 5 atom stereocenters. The van der Waals surface area contributed by atoms with Gasteiger partial charge in [-0.3, -0.25) is 4.79 Å². The first-order chi connectivity index (χ1) is 6.93. The van der Waals surface area contributed by atoms with Gasteiger partial charge in [-0.05, 0) is 0 Å². The van der Waals surface area contributed by atoms with E-state index >= 15 is 0 Å². The summed E-state index contributed by atoms with van der Waals surface area (Å²) in [6.45, 7) is 0.883. The highest BCUT2D eigenvalue weighted by Crippen LogP contribution is 2.19. The third kappa shape index (κ3) is 2.86. The molecule has 0 aromatic carbocycles. The summed E-state index contributed by atoms with van der Waals surface area (Å²) >= 11 is 0. The van der Waals surface area contributed by atoms with E-state index in [0.29, 0.717) is 0 Å². The summed E-state index contributed by atoms with van der Waals surface area (Å²) in [5.41, 5.74) is 0. The van der Waals surface area contributed by atoms with Crippen molar-refractivity contribution in [1.82, 2.24) is 0 Å². The van der Waals surface area contributed by atoms with Gasteiger partial charge in [0.1, 0.15) is 31.0 Å². The predicted molar refractivity (Wildman–Crippen MR) is 45.5 cm³/mol. The van der Waals surface area contributed by atoms with E-state index in [4.69, 9.17) is 14.9 Å². The molecule has 2 unspecified atom stereocenters. The lowest BCUT2D eigenvalue weighted by Crippen LogP contribution is -2.58. The largest absolute Gasteiger partial charge is 0.463 e. The predicted octanol–water partition coefficient (Wildman–Crippen LogP) is -2.65. The Hall–Kier alpha value is -0.730. The van der Waals surface area contributed by atoms with Gasteiger partial charge in [0.25, 0.3) is 0 Å². The lowest BCUT2D eigenvalue weighted by Gasteiger charge is -2.37. The van der Waals surface area contributed by atoms with Crippen LogP contribution in [0.1, 0.15) is 6.92 Å². The lowest BCUT2D eigenvalue weighted by atomic mass is 9.99. The van der Waals surface area contributed by atoms with Crippen molar-refractivity contribution in [1.29, 1.82) is 0 Å². The van der Waals surface area contributed by atoms with E-state index in [1.165, 1.54) is 6.92 Å². The smallest absolute Gasteiger partial charge is 0.302 e. The zero-order chi connectivity index (χ0) is 11.6. The second-order valence-electron chi connectivity index (χ2n) is 3.34. The highest BCUT2D eigenvalue weighted by atomic mass is 16.6. The summed E-state index contributed by atoms with van der Waals surface area (Å²) in [4.78, 5) is 10.5. The molecule has 0 spiro atoms. The molecule has 4 N–H and O–H groups in total. The molecule has 1 heterocycles. The Balaban J connectivity index is 2.54. The molecular formula is C8H14O7. The highest BCUT2D eigenvalue weighted by Gasteiger charge is 2.43. The fourth-order valence-electron chi connectivity index (χ4n) is 1.27. The minimum Gasteiger partial charge on any atom is -0.463 e. The van der Waals surface area contributed by atoms with Gasteiger partial charge in [-0.2, -0.15) is 0 Å². The normalized spacial score (nSPS) is 41.3. The molecule has 1 fully saturated rings. The number of carbonyl (C=O) groups excluding carboxylic acids is 1. The van der Waals surface area contributed by atoms with Crippen molar-refractivity contribution in [2.24, 2.45) is 0 Å². The molecule has 1 saturated heterocycles. The lowest BCUT2D eigenvalue weighted by molar-refractivity contribution is -0.287. The zero-order valence-electron chi connectivity index (χ0n) is 8.11. The van der Waals surface area contributed by atoms with Crippen molar-refractivity contribution >= 4 is 5.97 Å². The molecule has 0 aromatic rings. The van der Waals surface area contributed by atoms with Gasteiger partial charge in [0.05, 0.1) is 0 Å². The van der Waals surface area contributed by atoms with E-state index in [9.17, 15) is 15.0 Å². The fraction of sp³-hybridized carbons (Fsp3) is 0.875. The second kappa shape index (κ2) is 4.86. The zero-order valence-corrected chi connectivity index (χ0v) is 8.11. The number of aliphatic hydroxyl groups is 4. The van der Waals surface area contributed by atoms with E-state index < -0.39 is 36.7 Å². The molecule has 0 aliphatic carbocycles. The van der Waals surface area contributed by atoms with Crippen molar-refractivity contribution in [2.45, 2.75) is 37.6 Å². The van der Waals surface area contributed by atoms with E-state index in [1.807, 2.05) is 0 Å². The molecule has 0 bridgehead atoms. The number of esters is 1. The van der Waals surface area contributed by atoms with Gasteiger partial charge in [0.15, 0.2) is 6.29 Å². The van der Waals surface area contributed by atoms with Crippen molar-refractivity contribution < 1.29 is 34.7 Å². The molecular weight excluding hydrogens is 208 g/mol. The maximum atomic E-state index is 10.5. The summed E-state index contributed by atoms with van der Waals surface area (Å²) < 4.78 is 9.31. The number of aliphatic hydroxyl groups excluding tert-OH is 4. The molecule has 1 aliphatic heterocycles. The molecule has 0 radical (unpaired) electrons. The number of hydrogen-bond acceptors (Lipinski definition) is 7. The molecule has 1 aliphatic rings. The summed E-state index contributed by atoms with van der Waals surface area (Å²) in [5.74, 6) is -0.569. The van der Waals surface area contributed by atoms with Gasteiger partial charge in [-0.25, -0.2) is 0 Å². The average molecular weight is 222 g/mol. The maximum Gasteiger partial charge on any atom is 0.302 e. The molecule has 7 nitrogen and oxygen atoms in total. The van der Waals surface area contributed by atoms with Gasteiger partial charge >= 0.3 is 5.97 Å². The van der Waals surface area contributed by atoms with Crippen LogP contribution in [0.3, 0.4) is 0 Å². The van der Waals surface area contributed by atoms with E-state index in [-0.39, 0.29) is 6.61 Å². The molecule has 0 amide bonds. The summed E-state index contributed by atoms with van der Waals surface area (Å²) in [6.07, 6.45) is -7.18. The first-order valence-corrected chi connectivity index (χ1v) is 4.44. The molecule has 88 valence electrons. The van der Waals surface area contributed by atoms with Gasteiger partial charge in [-0.15, -0.1) is 0 Å². The van der Waals surface area contributed by atoms with Crippen molar-refractivity contribution in [3.63, 3.8) is 0 Å². The highest BCUT2D eigenvalue weighted by molar-refractivity contribution is 5.65. The summed E-state index contributed by atoms with van der Waals surface area (Å²) in [5, 5.41) is 36.9. The number of ether oxygens (including phenoxy) is 2. The Labute approximate surface area is 85.9 Å². The summed E-state index contributed by atoms with van der Waals surface area (Å²) in [6, 6.07) is 0. The van der Waals surface area contributed by atoms with E-state index in [2.05, 4.69) is 4.74 Å². The first kappa shape index (κ1) is 12.3. The van der Waals surface area contributed by atoms with Crippen molar-refractivity contribution in [3.05, 3.63) is 0 Å². The molecule has 0 saturated carbocycles. The van der Waals surface area contributed by atoms with Crippen LogP contribution < -0.4 is 0 Å². The third-order valence-corrected chi connectivity index (χ3v) is 2.14. The first-order valence-electron chi connectivity index (χ1n) is 4.44. The standard InChI is InChI=1S/C8H14O7/c1-3(9)14-2-4-5(10)6(11)7(12)8(13)15-4/h4-8,10-13H,2H2,1H3/t4-,5-,6?,7-,8?/m0/s1. The second-order valence-corrected chi connectivity index (χ2v) is 3.34.